The molecule has 98 valence electrons. The molecule has 0 heterocycles. The lowest BCUT2D eigenvalue weighted by Crippen LogP contribution is -2.35. The summed E-state index contributed by atoms with van der Waals surface area (Å²) in [5.74, 6) is 1.32. The van der Waals surface area contributed by atoms with Crippen LogP contribution in [-0.2, 0) is 4.79 Å². The van der Waals surface area contributed by atoms with Crippen LogP contribution >= 0.6 is 0 Å². The molecule has 0 radical (unpaired) electrons. The van der Waals surface area contributed by atoms with Crippen LogP contribution in [0.2, 0.25) is 0 Å². The molecule has 0 saturated heterocycles. The van der Waals surface area contributed by atoms with Gasteiger partial charge in [-0.3, -0.25) is 4.79 Å². The Morgan fingerprint density at radius 3 is 2.56 bits per heavy atom. The highest BCUT2D eigenvalue weighted by atomic mass is 16.5. The third-order valence-corrected chi connectivity index (χ3v) is 3.53. The van der Waals surface area contributed by atoms with E-state index in [9.17, 15) is 4.79 Å². The first-order valence-corrected chi connectivity index (χ1v) is 6.74. The summed E-state index contributed by atoms with van der Waals surface area (Å²) < 4.78 is 5.40. The zero-order valence-corrected chi connectivity index (χ0v) is 11.1. The van der Waals surface area contributed by atoms with Gasteiger partial charge in [0.2, 0.25) is 5.91 Å². The Morgan fingerprint density at radius 2 is 2.06 bits per heavy atom. The molecule has 0 spiro atoms. The van der Waals surface area contributed by atoms with Gasteiger partial charge in [-0.1, -0.05) is 18.6 Å². The van der Waals surface area contributed by atoms with Crippen molar-refractivity contribution in [1.82, 2.24) is 5.32 Å². The molecule has 0 unspecified atom stereocenters. The molecule has 1 N–H and O–H groups in total. The summed E-state index contributed by atoms with van der Waals surface area (Å²) in [6, 6.07) is 7.98. The van der Waals surface area contributed by atoms with Gasteiger partial charge in [-0.25, -0.2) is 0 Å². The fraction of sp³-hybridized carbons (Fsp3) is 0.533. The van der Waals surface area contributed by atoms with Gasteiger partial charge in [0.25, 0.3) is 0 Å². The van der Waals surface area contributed by atoms with Gasteiger partial charge < -0.3 is 10.1 Å². The van der Waals surface area contributed by atoms with Gasteiger partial charge in [-0.05, 0) is 44.4 Å². The van der Waals surface area contributed by atoms with E-state index in [2.05, 4.69) is 5.32 Å². The van der Waals surface area contributed by atoms with Gasteiger partial charge in [-0.2, -0.15) is 0 Å². The van der Waals surface area contributed by atoms with Crippen LogP contribution in [0.25, 0.3) is 0 Å². The van der Waals surface area contributed by atoms with E-state index < -0.39 is 0 Å². The molecular weight excluding hydrogens is 226 g/mol. The Hall–Kier alpha value is -1.51. The van der Waals surface area contributed by atoms with Crippen LogP contribution in [0.1, 0.15) is 44.7 Å². The van der Waals surface area contributed by atoms with Crippen molar-refractivity contribution in [2.24, 2.45) is 5.92 Å². The van der Waals surface area contributed by atoms with Crippen LogP contribution < -0.4 is 10.1 Å². The molecule has 1 fully saturated rings. The molecule has 1 aliphatic carbocycles. The average molecular weight is 247 g/mol. The highest BCUT2D eigenvalue weighted by Crippen LogP contribution is 2.27. The van der Waals surface area contributed by atoms with Crippen LogP contribution in [-0.4, -0.2) is 12.5 Å². The van der Waals surface area contributed by atoms with E-state index in [4.69, 9.17) is 4.74 Å². The van der Waals surface area contributed by atoms with Crippen molar-refractivity contribution in [3.63, 3.8) is 0 Å². The van der Waals surface area contributed by atoms with Crippen LogP contribution in [0.4, 0.5) is 0 Å². The average Bonchev–Trinajstić information content (AvgIpc) is 2.27. The fourth-order valence-corrected chi connectivity index (χ4v) is 2.10. The molecular formula is C15H21NO2. The maximum absolute atomic E-state index is 11.8. The summed E-state index contributed by atoms with van der Waals surface area (Å²) in [7, 11) is 0. The third kappa shape index (κ3) is 3.03. The molecule has 0 aromatic heterocycles. The van der Waals surface area contributed by atoms with Crippen molar-refractivity contribution in [2.75, 3.05) is 6.61 Å². The summed E-state index contributed by atoms with van der Waals surface area (Å²) in [5.41, 5.74) is 1.12. The largest absolute Gasteiger partial charge is 0.494 e. The zero-order valence-electron chi connectivity index (χ0n) is 11.1. The summed E-state index contributed by atoms with van der Waals surface area (Å²) >= 11 is 0. The molecule has 1 saturated carbocycles. The second-order valence-corrected chi connectivity index (χ2v) is 4.86. The number of hydrogen-bond acceptors (Lipinski definition) is 2. The van der Waals surface area contributed by atoms with Crippen molar-refractivity contribution in [3.05, 3.63) is 29.8 Å². The first-order chi connectivity index (χ1) is 8.70. The monoisotopic (exact) mass is 247 g/mol. The van der Waals surface area contributed by atoms with Gasteiger partial charge in [0.05, 0.1) is 12.6 Å². The zero-order chi connectivity index (χ0) is 13.0. The highest BCUT2D eigenvalue weighted by Gasteiger charge is 2.26. The number of carbonyl (C=O) groups excluding carboxylic acids is 1. The predicted molar refractivity (Wildman–Crippen MR) is 71.5 cm³/mol. The quantitative estimate of drug-likeness (QED) is 0.868. The molecule has 1 atom stereocenters. The van der Waals surface area contributed by atoms with E-state index in [1.807, 2.05) is 38.1 Å². The molecule has 0 bridgehead atoms. The number of carbonyl (C=O) groups is 1. The first kappa shape index (κ1) is 12.9. The topological polar surface area (TPSA) is 38.3 Å². The molecule has 1 amide bonds. The fourth-order valence-electron chi connectivity index (χ4n) is 2.10. The molecule has 3 nitrogen and oxygen atoms in total. The summed E-state index contributed by atoms with van der Waals surface area (Å²) in [5, 5.41) is 3.07. The van der Waals surface area contributed by atoms with Gasteiger partial charge in [0.1, 0.15) is 5.75 Å². The number of ether oxygens (including phenoxy) is 1. The van der Waals surface area contributed by atoms with Crippen molar-refractivity contribution in [1.29, 1.82) is 0 Å². The predicted octanol–water partition coefficient (Wildman–Crippen LogP) is 3.06. The minimum absolute atomic E-state index is 0.0637. The lowest BCUT2D eigenvalue weighted by Gasteiger charge is -2.26. The highest BCUT2D eigenvalue weighted by molar-refractivity contribution is 5.79. The maximum atomic E-state index is 11.8. The second-order valence-electron chi connectivity index (χ2n) is 4.86. The van der Waals surface area contributed by atoms with E-state index in [0.29, 0.717) is 6.61 Å². The summed E-state index contributed by atoms with van der Waals surface area (Å²) in [6.45, 7) is 4.66. The van der Waals surface area contributed by atoms with E-state index in [1.165, 1.54) is 6.42 Å². The Morgan fingerprint density at radius 1 is 1.39 bits per heavy atom. The van der Waals surface area contributed by atoms with Crippen LogP contribution in [0, 0.1) is 5.92 Å². The van der Waals surface area contributed by atoms with Gasteiger partial charge in [-0.15, -0.1) is 0 Å². The molecule has 18 heavy (non-hydrogen) atoms. The Kier molecular flexibility index (Phi) is 4.24. The van der Waals surface area contributed by atoms with Gasteiger partial charge in [0, 0.05) is 5.92 Å². The molecule has 1 aliphatic rings. The smallest absolute Gasteiger partial charge is 0.223 e. The molecule has 3 heteroatoms. The Bertz CT molecular complexity index is 395. The first-order valence-electron chi connectivity index (χ1n) is 6.74. The van der Waals surface area contributed by atoms with Crippen LogP contribution in [0.3, 0.4) is 0 Å². The minimum atomic E-state index is 0.0637. The number of hydrogen-bond donors (Lipinski definition) is 1. The number of nitrogens with one attached hydrogen (secondary N) is 1. The Balaban J connectivity index is 1.91. The van der Waals surface area contributed by atoms with E-state index in [-0.39, 0.29) is 17.9 Å². The van der Waals surface area contributed by atoms with E-state index in [1.54, 1.807) is 0 Å². The molecule has 2 rings (SSSR count). The second kappa shape index (κ2) is 5.89. The number of amides is 1. The standard InChI is InChI=1S/C15H21NO2/c1-3-18-14-9-7-12(8-10-14)11(2)16-15(17)13-5-4-6-13/h7-11,13H,3-6H2,1-2H3,(H,16,17)/t11-/m0/s1. The third-order valence-electron chi connectivity index (χ3n) is 3.53. The minimum Gasteiger partial charge on any atom is -0.494 e. The number of rotatable bonds is 5. The molecule has 1 aromatic rings. The molecule has 1 aromatic carbocycles. The molecule has 0 aliphatic heterocycles. The van der Waals surface area contributed by atoms with Crippen molar-refractivity contribution in [2.45, 2.75) is 39.2 Å². The summed E-state index contributed by atoms with van der Waals surface area (Å²) in [6.07, 6.45) is 3.28. The van der Waals surface area contributed by atoms with Crippen molar-refractivity contribution < 1.29 is 9.53 Å². The van der Waals surface area contributed by atoms with E-state index >= 15 is 0 Å². The normalized spacial score (nSPS) is 16.8. The van der Waals surface area contributed by atoms with E-state index in [0.717, 1.165) is 24.2 Å². The van der Waals surface area contributed by atoms with Crippen molar-refractivity contribution in [3.8, 4) is 5.75 Å². The maximum Gasteiger partial charge on any atom is 0.223 e. The SMILES string of the molecule is CCOc1ccc([C@H](C)NC(=O)C2CCC2)cc1. The Labute approximate surface area is 109 Å². The lowest BCUT2D eigenvalue weighted by atomic mass is 9.84. The van der Waals surface area contributed by atoms with Crippen LogP contribution in [0.15, 0.2) is 24.3 Å². The van der Waals surface area contributed by atoms with Crippen LogP contribution in [0.5, 0.6) is 5.75 Å². The van der Waals surface area contributed by atoms with Gasteiger partial charge >= 0.3 is 0 Å². The number of benzene rings is 1. The summed E-state index contributed by atoms with van der Waals surface area (Å²) in [4.78, 5) is 11.8. The lowest BCUT2D eigenvalue weighted by molar-refractivity contribution is -0.128. The van der Waals surface area contributed by atoms with Gasteiger partial charge in [0.15, 0.2) is 0 Å². The van der Waals surface area contributed by atoms with Crippen molar-refractivity contribution >= 4 is 5.91 Å².